The highest BCUT2D eigenvalue weighted by atomic mass is 15.1. The van der Waals surface area contributed by atoms with Gasteiger partial charge in [-0.25, -0.2) is 19.9 Å². The molecule has 284 valence electrons. The van der Waals surface area contributed by atoms with Crippen LogP contribution >= 0.6 is 0 Å². The first-order chi connectivity index (χ1) is 30.2. The zero-order valence-corrected chi connectivity index (χ0v) is 32.9. The molecule has 4 heterocycles. The summed E-state index contributed by atoms with van der Waals surface area (Å²) in [5.74, 6) is 0.893. The van der Waals surface area contributed by atoms with Crippen molar-refractivity contribution in [2.75, 3.05) is 0 Å². The molecule has 0 radical (unpaired) electrons. The van der Waals surface area contributed by atoms with Crippen LogP contribution in [0.2, 0.25) is 0 Å². The Morgan fingerprint density at radius 1 is 0.328 bits per heavy atom. The molecule has 0 aliphatic heterocycles. The van der Waals surface area contributed by atoms with Crippen LogP contribution in [-0.4, -0.2) is 24.5 Å². The normalized spacial score (nSPS) is 11.6. The highest BCUT2D eigenvalue weighted by Crippen LogP contribution is 2.41. The fraction of sp³-hybridized carbons (Fsp3) is 0. The van der Waals surface area contributed by atoms with E-state index in [9.17, 15) is 0 Å². The third kappa shape index (κ3) is 5.94. The van der Waals surface area contributed by atoms with Crippen molar-refractivity contribution in [1.29, 1.82) is 0 Å². The molecule has 0 spiro atoms. The van der Waals surface area contributed by atoms with Crippen LogP contribution in [0, 0.1) is 0 Å². The van der Waals surface area contributed by atoms with Gasteiger partial charge in [-0.2, -0.15) is 0 Å². The van der Waals surface area contributed by atoms with Gasteiger partial charge in [-0.05, 0) is 59.0 Å². The van der Waals surface area contributed by atoms with Crippen LogP contribution in [0.3, 0.4) is 0 Å². The van der Waals surface area contributed by atoms with Crippen LogP contribution in [0.1, 0.15) is 0 Å². The van der Waals surface area contributed by atoms with Crippen LogP contribution in [0.4, 0.5) is 0 Å². The number of rotatable bonds is 6. The first-order valence-electron chi connectivity index (χ1n) is 20.6. The van der Waals surface area contributed by atoms with Crippen molar-refractivity contribution in [2.45, 2.75) is 0 Å². The Labute approximate surface area is 351 Å². The van der Waals surface area contributed by atoms with E-state index in [0.29, 0.717) is 0 Å². The number of benzene rings is 8. The third-order valence-electron chi connectivity index (χ3n) is 11.8. The molecule has 0 saturated heterocycles. The van der Waals surface area contributed by atoms with Gasteiger partial charge in [-0.1, -0.05) is 170 Å². The van der Waals surface area contributed by atoms with Gasteiger partial charge in [0.05, 0.1) is 44.7 Å². The molecule has 0 aliphatic rings. The summed E-state index contributed by atoms with van der Waals surface area (Å²) in [6.45, 7) is 0. The molecule has 0 amide bonds. The van der Waals surface area contributed by atoms with Crippen molar-refractivity contribution in [3.8, 4) is 62.0 Å². The largest absolute Gasteiger partial charge is 0.292 e. The Balaban J connectivity index is 0.975. The predicted octanol–water partition coefficient (Wildman–Crippen LogP) is 14.2. The minimum atomic E-state index is 0.893. The minimum Gasteiger partial charge on any atom is -0.292 e. The van der Waals surface area contributed by atoms with Crippen LogP contribution in [0.25, 0.3) is 116 Å². The SMILES string of the molecule is c1ccc(-c2ccc3ccc4ccc(-c5ccc(-c6cccc(-c7nc8ccccc8c8ccc9c(nc(-c%10ccccc%10)n9-c9ccccc9)c78)c6)cc5)nc4c3n2)cc1. The van der Waals surface area contributed by atoms with Crippen LogP contribution in [0.5, 0.6) is 0 Å². The lowest BCUT2D eigenvalue weighted by Gasteiger charge is -2.13. The maximum absolute atomic E-state index is 5.47. The third-order valence-corrected chi connectivity index (χ3v) is 11.8. The zero-order chi connectivity index (χ0) is 40.3. The second-order valence-corrected chi connectivity index (χ2v) is 15.4. The molecule has 0 bridgehead atoms. The smallest absolute Gasteiger partial charge is 0.145 e. The van der Waals surface area contributed by atoms with E-state index in [4.69, 9.17) is 19.9 Å². The summed E-state index contributed by atoms with van der Waals surface area (Å²) in [6, 6.07) is 74.3. The number of pyridine rings is 3. The lowest BCUT2D eigenvalue weighted by Crippen LogP contribution is -1.97. The summed E-state index contributed by atoms with van der Waals surface area (Å²) in [6.07, 6.45) is 0. The van der Waals surface area contributed by atoms with Crippen molar-refractivity contribution in [3.63, 3.8) is 0 Å². The summed E-state index contributed by atoms with van der Waals surface area (Å²) in [4.78, 5) is 21.2. The summed E-state index contributed by atoms with van der Waals surface area (Å²) in [7, 11) is 0. The monoisotopic (exact) mass is 777 g/mol. The van der Waals surface area contributed by atoms with Gasteiger partial charge in [0.25, 0.3) is 0 Å². The second-order valence-electron chi connectivity index (χ2n) is 15.4. The summed E-state index contributed by atoms with van der Waals surface area (Å²) in [5, 5.41) is 5.41. The van der Waals surface area contributed by atoms with E-state index in [1.807, 2.05) is 24.3 Å². The van der Waals surface area contributed by atoms with E-state index in [0.717, 1.165) is 116 Å². The predicted molar refractivity (Wildman–Crippen MR) is 252 cm³/mol. The standard InChI is InChI=1S/C56H35N5/c1-4-13-37(14-5-1)47-32-29-39-27-28-40-30-33-48(58-54(40)53(39)57-47)38-25-23-36(24-26-38)42-17-12-18-43(35-42)52-51-46(45-21-10-11-22-49(45)59-52)31-34-50-55(51)60-56(41-15-6-2-7-16-41)61(50)44-19-8-3-9-20-44/h1-35H. The van der Waals surface area contributed by atoms with E-state index in [1.165, 1.54) is 0 Å². The molecule has 12 aromatic rings. The highest BCUT2D eigenvalue weighted by molar-refractivity contribution is 6.20. The maximum atomic E-state index is 5.47. The number of hydrogen-bond acceptors (Lipinski definition) is 4. The average Bonchev–Trinajstić information content (AvgIpc) is 3.74. The van der Waals surface area contributed by atoms with E-state index < -0.39 is 0 Å². The number of nitrogens with zero attached hydrogens (tertiary/aromatic N) is 5. The number of hydrogen-bond donors (Lipinski definition) is 0. The number of imidazole rings is 1. The van der Waals surface area contributed by atoms with Gasteiger partial charge >= 0.3 is 0 Å². The van der Waals surface area contributed by atoms with E-state index in [1.54, 1.807) is 0 Å². The maximum Gasteiger partial charge on any atom is 0.145 e. The van der Waals surface area contributed by atoms with Gasteiger partial charge in [0.1, 0.15) is 5.82 Å². The summed E-state index contributed by atoms with van der Waals surface area (Å²) in [5.41, 5.74) is 15.0. The Hall–Kier alpha value is -8.28. The topological polar surface area (TPSA) is 56.5 Å². The molecule has 5 heteroatoms. The average molecular weight is 778 g/mol. The molecule has 5 nitrogen and oxygen atoms in total. The van der Waals surface area contributed by atoms with E-state index >= 15 is 0 Å². The van der Waals surface area contributed by atoms with Crippen molar-refractivity contribution in [2.24, 2.45) is 0 Å². The van der Waals surface area contributed by atoms with E-state index in [-0.39, 0.29) is 0 Å². The Morgan fingerprint density at radius 2 is 0.885 bits per heavy atom. The molecule has 0 fully saturated rings. The van der Waals surface area contributed by atoms with Gasteiger partial charge in [-0.3, -0.25) is 4.57 Å². The molecule has 8 aromatic carbocycles. The highest BCUT2D eigenvalue weighted by Gasteiger charge is 2.21. The van der Waals surface area contributed by atoms with Gasteiger partial charge in [0, 0.05) is 49.5 Å². The first-order valence-corrected chi connectivity index (χ1v) is 20.6. The number of para-hydroxylation sites is 2. The van der Waals surface area contributed by atoms with Crippen molar-refractivity contribution >= 4 is 54.5 Å². The van der Waals surface area contributed by atoms with Gasteiger partial charge in [0.15, 0.2) is 0 Å². The van der Waals surface area contributed by atoms with Crippen molar-refractivity contribution in [3.05, 3.63) is 212 Å². The molecule has 4 aromatic heterocycles. The summed E-state index contributed by atoms with van der Waals surface area (Å²) < 4.78 is 2.27. The van der Waals surface area contributed by atoms with Crippen molar-refractivity contribution in [1.82, 2.24) is 24.5 Å². The number of aromatic nitrogens is 5. The van der Waals surface area contributed by atoms with Gasteiger partial charge < -0.3 is 0 Å². The molecule has 0 atom stereocenters. The summed E-state index contributed by atoms with van der Waals surface area (Å²) >= 11 is 0. The molecular formula is C56H35N5. The lowest BCUT2D eigenvalue weighted by atomic mass is 9.96. The molecule has 0 N–H and O–H groups in total. The van der Waals surface area contributed by atoms with Gasteiger partial charge in [0.2, 0.25) is 0 Å². The van der Waals surface area contributed by atoms with Crippen molar-refractivity contribution < 1.29 is 0 Å². The van der Waals surface area contributed by atoms with Crippen LogP contribution < -0.4 is 0 Å². The Morgan fingerprint density at radius 3 is 1.59 bits per heavy atom. The minimum absolute atomic E-state index is 0.893. The fourth-order valence-corrected chi connectivity index (χ4v) is 8.79. The molecule has 61 heavy (non-hydrogen) atoms. The Bertz CT molecular complexity index is 3620. The fourth-order valence-electron chi connectivity index (χ4n) is 8.79. The second kappa shape index (κ2) is 14.2. The quantitative estimate of drug-likeness (QED) is 0.158. The molecule has 12 rings (SSSR count). The number of fused-ring (bicyclic) bond motifs is 8. The van der Waals surface area contributed by atoms with Crippen LogP contribution in [-0.2, 0) is 0 Å². The van der Waals surface area contributed by atoms with Crippen LogP contribution in [0.15, 0.2) is 212 Å². The molecule has 0 aliphatic carbocycles. The first kappa shape index (κ1) is 34.7. The molecule has 0 saturated carbocycles. The van der Waals surface area contributed by atoms with Gasteiger partial charge in [-0.15, -0.1) is 0 Å². The zero-order valence-electron chi connectivity index (χ0n) is 32.9. The lowest BCUT2D eigenvalue weighted by molar-refractivity contribution is 1.10. The van der Waals surface area contributed by atoms with E-state index in [2.05, 4.69) is 193 Å². The molecular weight excluding hydrogens is 743 g/mol. The molecule has 0 unspecified atom stereocenters. The Kier molecular flexibility index (Phi) is 8.10.